The van der Waals surface area contributed by atoms with E-state index in [1.165, 1.54) is 25.7 Å². The van der Waals surface area contributed by atoms with Gasteiger partial charge in [0, 0.05) is 31.0 Å². The molecule has 1 heterocycles. The highest BCUT2D eigenvalue weighted by molar-refractivity contribution is 4.98. The van der Waals surface area contributed by atoms with Crippen molar-refractivity contribution in [3.05, 3.63) is 17.7 Å². The molecule has 0 spiro atoms. The first-order valence-corrected chi connectivity index (χ1v) is 7.04. The molecule has 4 nitrogen and oxygen atoms in total. The summed E-state index contributed by atoms with van der Waals surface area (Å²) in [5.74, 6) is 1.07. The smallest absolute Gasteiger partial charge is 0.120 e. The van der Waals surface area contributed by atoms with Crippen LogP contribution in [0.5, 0.6) is 0 Å². The van der Waals surface area contributed by atoms with Gasteiger partial charge in [-0.05, 0) is 33.9 Å². The average Bonchev–Trinajstić information content (AvgIpc) is 2.97. The molecule has 4 heteroatoms. The minimum atomic E-state index is 0.823. The van der Waals surface area contributed by atoms with Gasteiger partial charge in [0.1, 0.15) is 5.82 Å². The topological polar surface area (TPSA) is 35.2 Å². The normalized spacial score (nSPS) is 17.2. The first-order chi connectivity index (χ1) is 8.65. The zero-order valence-corrected chi connectivity index (χ0v) is 11.9. The number of rotatable bonds is 6. The van der Waals surface area contributed by atoms with Crippen molar-refractivity contribution < 1.29 is 0 Å². The minimum Gasteiger partial charge on any atom is -0.345 e. The first-order valence-electron chi connectivity index (χ1n) is 7.04. The van der Waals surface area contributed by atoms with E-state index < -0.39 is 0 Å². The fourth-order valence-electron chi connectivity index (χ4n) is 2.74. The van der Waals surface area contributed by atoms with E-state index in [-0.39, 0.29) is 0 Å². The van der Waals surface area contributed by atoms with Crippen molar-refractivity contribution in [2.75, 3.05) is 27.2 Å². The SMILES string of the molecule is Cc1cnc(CN(C)CCN(C)C2CCCC2)[nH]1. The maximum Gasteiger partial charge on any atom is 0.120 e. The number of aryl methyl sites for hydroxylation is 1. The molecule has 0 bridgehead atoms. The summed E-state index contributed by atoms with van der Waals surface area (Å²) in [6.45, 7) is 5.21. The van der Waals surface area contributed by atoms with Crippen LogP contribution in [0.15, 0.2) is 6.20 Å². The van der Waals surface area contributed by atoms with Crippen LogP contribution in [-0.4, -0.2) is 53.0 Å². The number of aromatic nitrogens is 2. The molecule has 18 heavy (non-hydrogen) atoms. The second kappa shape index (κ2) is 6.34. The van der Waals surface area contributed by atoms with Gasteiger partial charge in [0.15, 0.2) is 0 Å². The Labute approximate surface area is 110 Å². The number of nitrogens with one attached hydrogen (secondary N) is 1. The van der Waals surface area contributed by atoms with Gasteiger partial charge in [0.2, 0.25) is 0 Å². The minimum absolute atomic E-state index is 0.823. The maximum atomic E-state index is 4.35. The van der Waals surface area contributed by atoms with Gasteiger partial charge in [-0.15, -0.1) is 0 Å². The molecule has 0 saturated heterocycles. The van der Waals surface area contributed by atoms with Crippen LogP contribution in [-0.2, 0) is 6.54 Å². The van der Waals surface area contributed by atoms with E-state index in [2.05, 4.69) is 33.9 Å². The molecule has 0 aromatic carbocycles. The van der Waals surface area contributed by atoms with Crippen molar-refractivity contribution >= 4 is 0 Å². The van der Waals surface area contributed by atoms with Gasteiger partial charge >= 0.3 is 0 Å². The molecule has 1 N–H and O–H groups in total. The summed E-state index contributed by atoms with van der Waals surface area (Å²) < 4.78 is 0. The van der Waals surface area contributed by atoms with Gasteiger partial charge in [-0.1, -0.05) is 12.8 Å². The molecule has 0 radical (unpaired) electrons. The molecular weight excluding hydrogens is 224 g/mol. The van der Waals surface area contributed by atoms with Crippen LogP contribution in [0, 0.1) is 6.92 Å². The Balaban J connectivity index is 1.69. The Kier molecular flexibility index (Phi) is 4.78. The largest absolute Gasteiger partial charge is 0.345 e. The van der Waals surface area contributed by atoms with Crippen LogP contribution in [0.2, 0.25) is 0 Å². The Morgan fingerprint density at radius 3 is 2.61 bits per heavy atom. The van der Waals surface area contributed by atoms with Crippen LogP contribution < -0.4 is 0 Å². The Morgan fingerprint density at radius 1 is 1.28 bits per heavy atom. The van der Waals surface area contributed by atoms with Gasteiger partial charge in [-0.3, -0.25) is 4.90 Å². The molecule has 0 unspecified atom stereocenters. The Hall–Kier alpha value is -0.870. The summed E-state index contributed by atoms with van der Waals surface area (Å²) in [5.41, 5.74) is 1.14. The second-order valence-electron chi connectivity index (χ2n) is 5.67. The highest BCUT2D eigenvalue weighted by Crippen LogP contribution is 2.21. The summed E-state index contributed by atoms with van der Waals surface area (Å²) in [5, 5.41) is 0. The number of nitrogens with zero attached hydrogens (tertiary/aromatic N) is 3. The van der Waals surface area contributed by atoms with Crippen LogP contribution in [0.25, 0.3) is 0 Å². The van der Waals surface area contributed by atoms with E-state index in [0.29, 0.717) is 0 Å². The van der Waals surface area contributed by atoms with Crippen molar-refractivity contribution in [2.45, 2.75) is 45.2 Å². The molecule has 1 aliphatic carbocycles. The van der Waals surface area contributed by atoms with Crippen molar-refractivity contribution in [3.63, 3.8) is 0 Å². The lowest BCUT2D eigenvalue weighted by molar-refractivity contribution is 0.202. The first kappa shape index (κ1) is 13.6. The van der Waals surface area contributed by atoms with E-state index in [1.54, 1.807) is 0 Å². The van der Waals surface area contributed by atoms with Crippen LogP contribution in [0.4, 0.5) is 0 Å². The van der Waals surface area contributed by atoms with E-state index in [4.69, 9.17) is 0 Å². The van der Waals surface area contributed by atoms with E-state index in [9.17, 15) is 0 Å². The number of H-pyrrole nitrogens is 1. The molecule has 0 amide bonds. The Bertz CT molecular complexity index is 354. The van der Waals surface area contributed by atoms with Crippen LogP contribution >= 0.6 is 0 Å². The summed E-state index contributed by atoms with van der Waals surface area (Å²) in [6.07, 6.45) is 7.50. The quantitative estimate of drug-likeness (QED) is 0.839. The number of imidazole rings is 1. The predicted octanol–water partition coefficient (Wildman–Crippen LogP) is 2.02. The number of hydrogen-bond acceptors (Lipinski definition) is 3. The van der Waals surface area contributed by atoms with Crippen LogP contribution in [0.1, 0.15) is 37.2 Å². The second-order valence-corrected chi connectivity index (χ2v) is 5.67. The number of likely N-dealkylation sites (N-methyl/N-ethyl adjacent to an activating group) is 2. The van der Waals surface area contributed by atoms with Gasteiger partial charge < -0.3 is 9.88 Å². The molecule has 0 atom stereocenters. The monoisotopic (exact) mass is 250 g/mol. The van der Waals surface area contributed by atoms with Gasteiger partial charge in [-0.2, -0.15) is 0 Å². The molecule has 0 aliphatic heterocycles. The molecule has 2 rings (SSSR count). The predicted molar refractivity (Wildman–Crippen MR) is 74.5 cm³/mol. The molecule has 1 saturated carbocycles. The van der Waals surface area contributed by atoms with Crippen molar-refractivity contribution in [3.8, 4) is 0 Å². The maximum absolute atomic E-state index is 4.35. The molecule has 1 aromatic rings. The van der Waals surface area contributed by atoms with Crippen molar-refractivity contribution in [2.24, 2.45) is 0 Å². The highest BCUT2D eigenvalue weighted by atomic mass is 15.2. The number of hydrogen-bond donors (Lipinski definition) is 1. The van der Waals surface area contributed by atoms with Gasteiger partial charge in [0.25, 0.3) is 0 Å². The summed E-state index contributed by atoms with van der Waals surface area (Å²) in [7, 11) is 4.43. The zero-order valence-electron chi connectivity index (χ0n) is 11.9. The van der Waals surface area contributed by atoms with Gasteiger partial charge in [-0.25, -0.2) is 4.98 Å². The van der Waals surface area contributed by atoms with E-state index in [0.717, 1.165) is 37.2 Å². The zero-order chi connectivity index (χ0) is 13.0. The summed E-state index contributed by atoms with van der Waals surface area (Å²) in [6, 6.07) is 0.823. The Morgan fingerprint density at radius 2 is 2.00 bits per heavy atom. The van der Waals surface area contributed by atoms with Crippen LogP contribution in [0.3, 0.4) is 0 Å². The average molecular weight is 250 g/mol. The molecule has 1 fully saturated rings. The highest BCUT2D eigenvalue weighted by Gasteiger charge is 2.19. The van der Waals surface area contributed by atoms with Crippen molar-refractivity contribution in [1.82, 2.24) is 19.8 Å². The lowest BCUT2D eigenvalue weighted by atomic mass is 10.2. The molecular formula is C14H26N4. The lowest BCUT2D eigenvalue weighted by Crippen LogP contribution is -2.36. The third-order valence-corrected chi connectivity index (χ3v) is 3.96. The number of aromatic amines is 1. The third-order valence-electron chi connectivity index (χ3n) is 3.96. The molecule has 1 aromatic heterocycles. The lowest BCUT2D eigenvalue weighted by Gasteiger charge is -2.26. The third kappa shape index (κ3) is 3.82. The fraction of sp³-hybridized carbons (Fsp3) is 0.786. The van der Waals surface area contributed by atoms with E-state index in [1.807, 2.05) is 13.1 Å². The molecule has 102 valence electrons. The fourth-order valence-corrected chi connectivity index (χ4v) is 2.74. The summed E-state index contributed by atoms with van der Waals surface area (Å²) >= 11 is 0. The molecule has 1 aliphatic rings. The van der Waals surface area contributed by atoms with Crippen molar-refractivity contribution in [1.29, 1.82) is 0 Å². The van der Waals surface area contributed by atoms with E-state index >= 15 is 0 Å². The summed E-state index contributed by atoms with van der Waals surface area (Å²) in [4.78, 5) is 12.5. The standard InChI is InChI=1S/C14H26N4/c1-12-10-15-14(16-12)11-17(2)8-9-18(3)13-6-4-5-7-13/h10,13H,4-9,11H2,1-3H3,(H,15,16). The van der Waals surface area contributed by atoms with Gasteiger partial charge in [0.05, 0.1) is 6.54 Å².